The standard InChI is InChI=1S/C14H23N5O2/c1-3-16-12-11(15)13(18-9-17-12)19-7-5-10(6-8-19)14(20)21-4-2/h9-10H,3-8,15H2,1-2H3,(H,16,17,18). The van der Waals surface area contributed by atoms with E-state index in [2.05, 4.69) is 20.2 Å². The van der Waals surface area contributed by atoms with Crippen molar-refractivity contribution in [1.82, 2.24) is 9.97 Å². The molecule has 21 heavy (non-hydrogen) atoms. The first-order valence-corrected chi connectivity index (χ1v) is 7.43. The van der Waals surface area contributed by atoms with Gasteiger partial charge in [-0.3, -0.25) is 4.79 Å². The zero-order valence-electron chi connectivity index (χ0n) is 12.6. The fourth-order valence-electron chi connectivity index (χ4n) is 2.53. The highest BCUT2D eigenvalue weighted by Gasteiger charge is 2.27. The summed E-state index contributed by atoms with van der Waals surface area (Å²) in [5.74, 6) is 1.29. The smallest absolute Gasteiger partial charge is 0.309 e. The van der Waals surface area contributed by atoms with E-state index in [0.29, 0.717) is 18.1 Å². The number of aromatic nitrogens is 2. The first-order chi connectivity index (χ1) is 10.2. The Morgan fingerprint density at radius 3 is 2.76 bits per heavy atom. The number of nitrogens with two attached hydrogens (primary N) is 1. The van der Waals surface area contributed by atoms with Crippen molar-refractivity contribution in [2.75, 3.05) is 42.2 Å². The van der Waals surface area contributed by atoms with Crippen LogP contribution in [0.5, 0.6) is 0 Å². The molecule has 1 aliphatic rings. The van der Waals surface area contributed by atoms with Gasteiger partial charge < -0.3 is 20.7 Å². The predicted octanol–water partition coefficient (Wildman–Crippen LogP) is 1.27. The van der Waals surface area contributed by atoms with Crippen molar-refractivity contribution < 1.29 is 9.53 Å². The van der Waals surface area contributed by atoms with Gasteiger partial charge in [0.15, 0.2) is 11.6 Å². The van der Waals surface area contributed by atoms with E-state index in [1.807, 2.05) is 13.8 Å². The normalized spacial score (nSPS) is 15.8. The minimum atomic E-state index is -0.0962. The highest BCUT2D eigenvalue weighted by atomic mass is 16.5. The van der Waals surface area contributed by atoms with Crippen molar-refractivity contribution in [3.05, 3.63) is 6.33 Å². The molecular weight excluding hydrogens is 270 g/mol. The number of carbonyl (C=O) groups excluding carboxylic acids is 1. The van der Waals surface area contributed by atoms with Crippen molar-refractivity contribution >= 4 is 23.3 Å². The molecule has 7 heteroatoms. The zero-order chi connectivity index (χ0) is 15.2. The van der Waals surface area contributed by atoms with Gasteiger partial charge in [-0.25, -0.2) is 9.97 Å². The number of ether oxygens (including phenoxy) is 1. The Balaban J connectivity index is 2.02. The molecule has 0 aromatic carbocycles. The lowest BCUT2D eigenvalue weighted by molar-refractivity contribution is -0.148. The van der Waals surface area contributed by atoms with Crippen LogP contribution in [0.4, 0.5) is 17.3 Å². The summed E-state index contributed by atoms with van der Waals surface area (Å²) in [5.41, 5.74) is 6.69. The number of hydrogen-bond donors (Lipinski definition) is 2. The minimum absolute atomic E-state index is 0.0162. The molecule has 0 aliphatic carbocycles. The molecule has 0 amide bonds. The maximum atomic E-state index is 11.7. The third-order valence-electron chi connectivity index (χ3n) is 3.62. The van der Waals surface area contributed by atoms with Crippen molar-refractivity contribution in [2.45, 2.75) is 26.7 Å². The lowest BCUT2D eigenvalue weighted by Crippen LogP contribution is -2.38. The molecule has 7 nitrogen and oxygen atoms in total. The fourth-order valence-corrected chi connectivity index (χ4v) is 2.53. The summed E-state index contributed by atoms with van der Waals surface area (Å²) in [5, 5.41) is 3.12. The topological polar surface area (TPSA) is 93.4 Å². The molecule has 1 aliphatic heterocycles. The van der Waals surface area contributed by atoms with E-state index in [0.717, 1.165) is 38.3 Å². The lowest BCUT2D eigenvalue weighted by Gasteiger charge is -2.32. The lowest BCUT2D eigenvalue weighted by atomic mass is 9.97. The second kappa shape index (κ2) is 7.10. The molecule has 0 unspecified atom stereocenters. The van der Waals surface area contributed by atoms with Gasteiger partial charge in [0.1, 0.15) is 12.0 Å². The third-order valence-corrected chi connectivity index (χ3v) is 3.62. The van der Waals surface area contributed by atoms with E-state index >= 15 is 0 Å². The number of nitrogen functional groups attached to an aromatic ring is 1. The van der Waals surface area contributed by atoms with Gasteiger partial charge in [-0.1, -0.05) is 0 Å². The Bertz CT molecular complexity index is 486. The van der Waals surface area contributed by atoms with Crippen LogP contribution >= 0.6 is 0 Å². The number of rotatable bonds is 5. The fraction of sp³-hybridized carbons (Fsp3) is 0.643. The molecule has 0 bridgehead atoms. The van der Waals surface area contributed by atoms with E-state index in [-0.39, 0.29) is 11.9 Å². The molecule has 0 radical (unpaired) electrons. The summed E-state index contributed by atoms with van der Waals surface area (Å²) in [7, 11) is 0. The molecule has 2 heterocycles. The predicted molar refractivity (Wildman–Crippen MR) is 82.2 cm³/mol. The zero-order valence-corrected chi connectivity index (χ0v) is 12.6. The average Bonchev–Trinajstić information content (AvgIpc) is 2.50. The van der Waals surface area contributed by atoms with Gasteiger partial charge in [0.05, 0.1) is 12.5 Å². The van der Waals surface area contributed by atoms with Crippen LogP contribution in [-0.2, 0) is 9.53 Å². The van der Waals surface area contributed by atoms with Crippen molar-refractivity contribution in [1.29, 1.82) is 0 Å². The minimum Gasteiger partial charge on any atom is -0.466 e. The van der Waals surface area contributed by atoms with Crippen LogP contribution in [-0.4, -0.2) is 42.2 Å². The second-order valence-corrected chi connectivity index (χ2v) is 5.00. The molecule has 3 N–H and O–H groups in total. The SMILES string of the molecule is CCNc1ncnc(N2CCC(C(=O)OCC)CC2)c1N. The van der Waals surface area contributed by atoms with Crippen LogP contribution in [0, 0.1) is 5.92 Å². The summed E-state index contributed by atoms with van der Waals surface area (Å²) in [6, 6.07) is 0. The molecule has 1 aromatic rings. The molecule has 1 saturated heterocycles. The van der Waals surface area contributed by atoms with E-state index in [1.165, 1.54) is 6.33 Å². The number of nitrogens with one attached hydrogen (secondary N) is 1. The Morgan fingerprint density at radius 2 is 2.14 bits per heavy atom. The summed E-state index contributed by atoms with van der Waals surface area (Å²) in [4.78, 5) is 22.3. The number of carbonyl (C=O) groups is 1. The maximum absolute atomic E-state index is 11.7. The molecule has 0 atom stereocenters. The molecular formula is C14H23N5O2. The van der Waals surface area contributed by atoms with E-state index in [9.17, 15) is 4.79 Å². The molecule has 1 aromatic heterocycles. The van der Waals surface area contributed by atoms with Crippen molar-refractivity contribution in [3.8, 4) is 0 Å². The number of nitrogens with zero attached hydrogens (tertiary/aromatic N) is 3. The number of hydrogen-bond acceptors (Lipinski definition) is 7. The molecule has 0 saturated carbocycles. The van der Waals surface area contributed by atoms with Crippen LogP contribution in [0.1, 0.15) is 26.7 Å². The largest absolute Gasteiger partial charge is 0.466 e. The Labute approximate surface area is 124 Å². The van der Waals surface area contributed by atoms with Crippen LogP contribution in [0.2, 0.25) is 0 Å². The van der Waals surface area contributed by atoms with Crippen LogP contribution in [0.3, 0.4) is 0 Å². The molecule has 116 valence electrons. The summed E-state index contributed by atoms with van der Waals surface area (Å²) in [6.45, 7) is 6.50. The van der Waals surface area contributed by atoms with Gasteiger partial charge in [0.25, 0.3) is 0 Å². The first-order valence-electron chi connectivity index (χ1n) is 7.43. The quantitative estimate of drug-likeness (QED) is 0.789. The van der Waals surface area contributed by atoms with E-state index < -0.39 is 0 Å². The number of esters is 1. The Kier molecular flexibility index (Phi) is 5.19. The number of piperidine rings is 1. The summed E-state index contributed by atoms with van der Waals surface area (Å²) in [6.07, 6.45) is 3.04. The molecule has 0 spiro atoms. The van der Waals surface area contributed by atoms with Crippen LogP contribution in [0.25, 0.3) is 0 Å². The summed E-state index contributed by atoms with van der Waals surface area (Å²) >= 11 is 0. The van der Waals surface area contributed by atoms with Crippen LogP contribution < -0.4 is 16.0 Å². The molecule has 1 fully saturated rings. The maximum Gasteiger partial charge on any atom is 0.309 e. The van der Waals surface area contributed by atoms with Gasteiger partial charge in [0.2, 0.25) is 0 Å². The average molecular weight is 293 g/mol. The van der Waals surface area contributed by atoms with Gasteiger partial charge in [-0.15, -0.1) is 0 Å². The van der Waals surface area contributed by atoms with E-state index in [4.69, 9.17) is 10.5 Å². The Morgan fingerprint density at radius 1 is 1.43 bits per heavy atom. The third kappa shape index (κ3) is 3.53. The van der Waals surface area contributed by atoms with Gasteiger partial charge >= 0.3 is 5.97 Å². The highest BCUT2D eigenvalue weighted by molar-refractivity contribution is 5.76. The number of anilines is 3. The van der Waals surface area contributed by atoms with E-state index in [1.54, 1.807) is 0 Å². The van der Waals surface area contributed by atoms with Crippen LogP contribution in [0.15, 0.2) is 6.33 Å². The highest BCUT2D eigenvalue weighted by Crippen LogP contribution is 2.29. The first kappa shape index (κ1) is 15.3. The molecule has 2 rings (SSSR count). The van der Waals surface area contributed by atoms with Crippen molar-refractivity contribution in [3.63, 3.8) is 0 Å². The van der Waals surface area contributed by atoms with Gasteiger partial charge in [-0.2, -0.15) is 0 Å². The summed E-state index contributed by atoms with van der Waals surface area (Å²) < 4.78 is 5.08. The monoisotopic (exact) mass is 293 g/mol. The second-order valence-electron chi connectivity index (χ2n) is 5.00. The Hall–Kier alpha value is -2.05. The van der Waals surface area contributed by atoms with Gasteiger partial charge in [-0.05, 0) is 26.7 Å². The van der Waals surface area contributed by atoms with Gasteiger partial charge in [0, 0.05) is 19.6 Å². The van der Waals surface area contributed by atoms with Crippen molar-refractivity contribution in [2.24, 2.45) is 5.92 Å².